The zero-order valence-corrected chi connectivity index (χ0v) is 14.7. The standard InChI is InChI=1S/C17H15ClN2O3S/c1-10-13(20-17(23-10)15-4-3-7-24-15)9-16(21)19-11-5-6-14(22-2)12(18)8-11/h3-8H,9H2,1-2H3,(H,19,21). The van der Waals surface area contributed by atoms with Crippen molar-refractivity contribution in [1.82, 2.24) is 4.98 Å². The first-order valence-corrected chi connectivity index (χ1v) is 8.46. The first-order chi connectivity index (χ1) is 11.6. The highest BCUT2D eigenvalue weighted by Crippen LogP contribution is 2.28. The zero-order chi connectivity index (χ0) is 17.1. The van der Waals surface area contributed by atoms with E-state index in [9.17, 15) is 4.79 Å². The van der Waals surface area contributed by atoms with Crippen LogP contribution in [0.5, 0.6) is 5.75 Å². The Morgan fingerprint density at radius 2 is 2.25 bits per heavy atom. The van der Waals surface area contributed by atoms with Gasteiger partial charge in [-0.05, 0) is 36.6 Å². The second-order valence-electron chi connectivity index (χ2n) is 5.07. The SMILES string of the molecule is COc1ccc(NC(=O)Cc2nc(-c3cccs3)oc2C)cc1Cl. The third-order valence-electron chi connectivity index (χ3n) is 3.39. The van der Waals surface area contributed by atoms with Crippen LogP contribution in [0.2, 0.25) is 5.02 Å². The van der Waals surface area contributed by atoms with Gasteiger partial charge in [-0.3, -0.25) is 4.79 Å². The van der Waals surface area contributed by atoms with Gasteiger partial charge in [0.2, 0.25) is 11.8 Å². The lowest BCUT2D eigenvalue weighted by Crippen LogP contribution is -2.15. The van der Waals surface area contributed by atoms with E-state index in [0.29, 0.717) is 33.8 Å². The number of aromatic nitrogens is 1. The van der Waals surface area contributed by atoms with E-state index in [2.05, 4.69) is 10.3 Å². The molecule has 0 unspecified atom stereocenters. The molecule has 5 nitrogen and oxygen atoms in total. The van der Waals surface area contributed by atoms with E-state index in [-0.39, 0.29) is 12.3 Å². The summed E-state index contributed by atoms with van der Waals surface area (Å²) in [6.07, 6.45) is 0.129. The Hall–Kier alpha value is -2.31. The molecule has 0 aliphatic rings. The second kappa shape index (κ2) is 7.07. The molecule has 124 valence electrons. The quantitative estimate of drug-likeness (QED) is 0.722. The van der Waals surface area contributed by atoms with Gasteiger partial charge in [0.05, 0.1) is 29.1 Å². The molecule has 0 fully saturated rings. The molecule has 1 N–H and O–H groups in total. The van der Waals surface area contributed by atoms with Crippen molar-refractivity contribution < 1.29 is 13.9 Å². The maximum atomic E-state index is 12.2. The van der Waals surface area contributed by atoms with E-state index in [4.69, 9.17) is 20.8 Å². The van der Waals surface area contributed by atoms with Crippen LogP contribution in [0, 0.1) is 6.92 Å². The molecular weight excluding hydrogens is 348 g/mol. The predicted octanol–water partition coefficient (Wildman–Crippen LogP) is 4.55. The third-order valence-corrected chi connectivity index (χ3v) is 4.54. The van der Waals surface area contributed by atoms with Crippen molar-refractivity contribution in [3.05, 3.63) is 52.2 Å². The highest BCUT2D eigenvalue weighted by Gasteiger charge is 2.15. The zero-order valence-electron chi connectivity index (χ0n) is 13.1. The molecule has 0 saturated heterocycles. The number of aryl methyl sites for hydroxylation is 1. The van der Waals surface area contributed by atoms with Crippen LogP contribution in [-0.2, 0) is 11.2 Å². The fraction of sp³-hybridized carbons (Fsp3) is 0.176. The summed E-state index contributed by atoms with van der Waals surface area (Å²) in [7, 11) is 1.54. The molecule has 0 radical (unpaired) electrons. The van der Waals surface area contributed by atoms with Crippen molar-refractivity contribution in [3.63, 3.8) is 0 Å². The predicted molar refractivity (Wildman–Crippen MR) is 94.9 cm³/mol. The van der Waals surface area contributed by atoms with Gasteiger partial charge in [0, 0.05) is 5.69 Å². The monoisotopic (exact) mass is 362 g/mol. The van der Waals surface area contributed by atoms with Crippen LogP contribution in [0.1, 0.15) is 11.5 Å². The van der Waals surface area contributed by atoms with Crippen LogP contribution in [0.15, 0.2) is 40.1 Å². The van der Waals surface area contributed by atoms with Gasteiger partial charge in [-0.25, -0.2) is 4.98 Å². The lowest BCUT2D eigenvalue weighted by atomic mass is 10.2. The summed E-state index contributed by atoms with van der Waals surface area (Å²) in [5.74, 6) is 1.55. The fourth-order valence-electron chi connectivity index (χ4n) is 2.20. The molecule has 0 bridgehead atoms. The van der Waals surface area contributed by atoms with Gasteiger partial charge in [-0.1, -0.05) is 17.7 Å². The van der Waals surface area contributed by atoms with Crippen LogP contribution < -0.4 is 10.1 Å². The van der Waals surface area contributed by atoms with E-state index in [1.54, 1.807) is 36.5 Å². The summed E-state index contributed by atoms with van der Waals surface area (Å²) in [4.78, 5) is 17.6. The second-order valence-corrected chi connectivity index (χ2v) is 6.43. The number of methoxy groups -OCH3 is 1. The number of thiophene rings is 1. The topological polar surface area (TPSA) is 64.4 Å². The van der Waals surface area contributed by atoms with E-state index < -0.39 is 0 Å². The molecule has 0 aliphatic carbocycles. The van der Waals surface area contributed by atoms with Crippen molar-refractivity contribution >= 4 is 34.5 Å². The van der Waals surface area contributed by atoms with Gasteiger partial charge < -0.3 is 14.5 Å². The Kier molecular flexibility index (Phi) is 4.87. The van der Waals surface area contributed by atoms with Crippen molar-refractivity contribution in [3.8, 4) is 16.5 Å². The Labute approximate surface area is 148 Å². The number of halogens is 1. The minimum atomic E-state index is -0.189. The average molecular weight is 363 g/mol. The summed E-state index contributed by atoms with van der Waals surface area (Å²) >= 11 is 7.60. The van der Waals surface area contributed by atoms with E-state index in [0.717, 1.165) is 4.88 Å². The lowest BCUT2D eigenvalue weighted by molar-refractivity contribution is -0.115. The number of amides is 1. The molecule has 0 spiro atoms. The Bertz CT molecular complexity index is 859. The maximum Gasteiger partial charge on any atom is 0.236 e. The largest absolute Gasteiger partial charge is 0.495 e. The van der Waals surface area contributed by atoms with Crippen molar-refractivity contribution in [2.45, 2.75) is 13.3 Å². The molecule has 3 aromatic rings. The highest BCUT2D eigenvalue weighted by atomic mass is 35.5. The number of nitrogens with zero attached hydrogens (tertiary/aromatic N) is 1. The average Bonchev–Trinajstić information content (AvgIpc) is 3.18. The summed E-state index contributed by atoms with van der Waals surface area (Å²) in [6.45, 7) is 1.80. The summed E-state index contributed by atoms with van der Waals surface area (Å²) < 4.78 is 10.7. The van der Waals surface area contributed by atoms with Crippen LogP contribution >= 0.6 is 22.9 Å². The fourth-order valence-corrected chi connectivity index (χ4v) is 3.11. The number of oxazole rings is 1. The van der Waals surface area contributed by atoms with E-state index >= 15 is 0 Å². The minimum absolute atomic E-state index is 0.129. The van der Waals surface area contributed by atoms with Crippen molar-refractivity contribution in [1.29, 1.82) is 0 Å². The highest BCUT2D eigenvalue weighted by molar-refractivity contribution is 7.13. The first kappa shape index (κ1) is 16.5. The van der Waals surface area contributed by atoms with Gasteiger partial charge >= 0.3 is 0 Å². The normalized spacial score (nSPS) is 10.6. The molecule has 1 amide bonds. The Balaban J connectivity index is 1.70. The number of nitrogens with one attached hydrogen (secondary N) is 1. The van der Waals surface area contributed by atoms with E-state index in [1.165, 1.54) is 7.11 Å². The van der Waals surface area contributed by atoms with Gasteiger partial charge in [0.1, 0.15) is 11.5 Å². The molecule has 2 aromatic heterocycles. The smallest absolute Gasteiger partial charge is 0.236 e. The minimum Gasteiger partial charge on any atom is -0.495 e. The molecular formula is C17H15ClN2O3S. The summed E-state index contributed by atoms with van der Waals surface area (Å²) in [5.41, 5.74) is 1.22. The molecule has 3 rings (SSSR count). The van der Waals surface area contributed by atoms with Gasteiger partial charge in [-0.15, -0.1) is 11.3 Å². The molecule has 0 atom stereocenters. The number of benzene rings is 1. The van der Waals surface area contributed by atoms with Crippen LogP contribution in [0.3, 0.4) is 0 Å². The number of ether oxygens (including phenoxy) is 1. The summed E-state index contributed by atoms with van der Waals surface area (Å²) in [6, 6.07) is 8.94. The number of carbonyl (C=O) groups excluding carboxylic acids is 1. The molecule has 1 aromatic carbocycles. The number of hydrogen-bond donors (Lipinski definition) is 1. The number of rotatable bonds is 5. The number of anilines is 1. The molecule has 24 heavy (non-hydrogen) atoms. The van der Waals surface area contributed by atoms with Gasteiger partial charge in [-0.2, -0.15) is 0 Å². The molecule has 0 aliphatic heterocycles. The number of carbonyl (C=O) groups is 1. The summed E-state index contributed by atoms with van der Waals surface area (Å²) in [5, 5.41) is 5.19. The van der Waals surface area contributed by atoms with E-state index in [1.807, 2.05) is 17.5 Å². The van der Waals surface area contributed by atoms with Crippen LogP contribution in [-0.4, -0.2) is 18.0 Å². The maximum absolute atomic E-state index is 12.2. The number of hydrogen-bond acceptors (Lipinski definition) is 5. The van der Waals surface area contributed by atoms with Crippen LogP contribution in [0.4, 0.5) is 5.69 Å². The molecule has 0 saturated carbocycles. The van der Waals surface area contributed by atoms with Gasteiger partial charge in [0.25, 0.3) is 0 Å². The van der Waals surface area contributed by atoms with Crippen molar-refractivity contribution in [2.24, 2.45) is 0 Å². The Morgan fingerprint density at radius 1 is 1.42 bits per heavy atom. The molecule has 2 heterocycles. The third kappa shape index (κ3) is 3.60. The lowest BCUT2D eigenvalue weighted by Gasteiger charge is -2.07. The Morgan fingerprint density at radius 3 is 2.92 bits per heavy atom. The van der Waals surface area contributed by atoms with Gasteiger partial charge in [0.15, 0.2) is 0 Å². The first-order valence-electron chi connectivity index (χ1n) is 7.20. The van der Waals surface area contributed by atoms with Crippen molar-refractivity contribution in [2.75, 3.05) is 12.4 Å². The van der Waals surface area contributed by atoms with Crippen LogP contribution in [0.25, 0.3) is 10.8 Å². The molecule has 7 heteroatoms.